The average Bonchev–Trinajstić information content (AvgIpc) is 3.12. The van der Waals surface area contributed by atoms with Crippen LogP contribution in [0.1, 0.15) is 23.3 Å². The lowest BCUT2D eigenvalue weighted by atomic mass is 9.93. The molecule has 24 heavy (non-hydrogen) atoms. The number of amides is 1. The van der Waals surface area contributed by atoms with E-state index in [2.05, 4.69) is 11.4 Å². The smallest absolute Gasteiger partial charge is 0.230 e. The minimum atomic E-state index is -0.167. The van der Waals surface area contributed by atoms with E-state index in [-0.39, 0.29) is 17.9 Å². The van der Waals surface area contributed by atoms with Crippen LogP contribution in [-0.4, -0.2) is 43.7 Å². The van der Waals surface area contributed by atoms with Gasteiger partial charge in [0, 0.05) is 18.0 Å². The lowest BCUT2D eigenvalue weighted by Gasteiger charge is -2.34. The Bertz CT molecular complexity index is 654. The van der Waals surface area contributed by atoms with Crippen molar-refractivity contribution in [3.05, 3.63) is 52.2 Å². The van der Waals surface area contributed by atoms with E-state index >= 15 is 0 Å². The molecule has 1 saturated heterocycles. The van der Waals surface area contributed by atoms with Gasteiger partial charge in [-0.1, -0.05) is 18.2 Å². The number of nitrogens with zero attached hydrogens (tertiary/aromatic N) is 1. The maximum atomic E-state index is 13.2. The highest BCUT2D eigenvalue weighted by Gasteiger charge is 2.29. The summed E-state index contributed by atoms with van der Waals surface area (Å²) in [6.07, 6.45) is 0.829. The Labute approximate surface area is 147 Å². The van der Waals surface area contributed by atoms with Gasteiger partial charge in [0.25, 0.3) is 0 Å². The van der Waals surface area contributed by atoms with Crippen LogP contribution in [0, 0.1) is 0 Å². The van der Waals surface area contributed by atoms with Crippen molar-refractivity contribution in [2.45, 2.75) is 25.4 Å². The summed E-state index contributed by atoms with van der Waals surface area (Å²) in [6.45, 7) is 3.96. The van der Waals surface area contributed by atoms with Crippen molar-refractivity contribution in [2.24, 2.45) is 0 Å². The van der Waals surface area contributed by atoms with Crippen molar-refractivity contribution >= 4 is 17.2 Å². The van der Waals surface area contributed by atoms with Crippen LogP contribution in [0.3, 0.4) is 0 Å². The van der Waals surface area contributed by atoms with E-state index in [9.17, 15) is 4.79 Å². The Hall–Kier alpha value is -1.85. The second-order valence-corrected chi connectivity index (χ2v) is 7.11. The van der Waals surface area contributed by atoms with Crippen LogP contribution in [0.15, 0.2) is 41.8 Å². The van der Waals surface area contributed by atoms with Crippen LogP contribution in [0.25, 0.3) is 0 Å². The van der Waals surface area contributed by atoms with Crippen LogP contribution < -0.4 is 4.74 Å². The van der Waals surface area contributed by atoms with Gasteiger partial charge in [0.1, 0.15) is 5.75 Å². The molecule has 2 unspecified atom stereocenters. The number of carbonyl (C=O) groups is 1. The second kappa shape index (κ2) is 7.81. The summed E-state index contributed by atoms with van der Waals surface area (Å²) in [7, 11) is 1.65. The van der Waals surface area contributed by atoms with E-state index in [0.29, 0.717) is 19.7 Å². The molecule has 1 aliphatic heterocycles. The molecule has 0 N–H and O–H groups in total. The topological polar surface area (TPSA) is 38.8 Å². The third-order valence-corrected chi connectivity index (χ3v) is 5.25. The van der Waals surface area contributed by atoms with Crippen molar-refractivity contribution in [1.82, 2.24) is 4.90 Å². The number of hydrogen-bond donors (Lipinski definition) is 0. The van der Waals surface area contributed by atoms with E-state index in [1.807, 2.05) is 42.2 Å². The quantitative estimate of drug-likeness (QED) is 0.834. The van der Waals surface area contributed by atoms with Gasteiger partial charge in [-0.2, -0.15) is 0 Å². The maximum Gasteiger partial charge on any atom is 0.230 e. The second-order valence-electron chi connectivity index (χ2n) is 6.07. The molecule has 0 saturated carbocycles. The largest absolute Gasteiger partial charge is 0.497 e. The average molecular weight is 345 g/mol. The number of rotatable bonds is 5. The number of thiophene rings is 1. The van der Waals surface area contributed by atoms with Crippen molar-refractivity contribution in [3.8, 4) is 5.75 Å². The fraction of sp³-hybridized carbons (Fsp3) is 0.421. The van der Waals surface area contributed by atoms with Crippen molar-refractivity contribution < 1.29 is 14.3 Å². The van der Waals surface area contributed by atoms with Gasteiger partial charge in [0.15, 0.2) is 0 Å². The third kappa shape index (κ3) is 3.97. The monoisotopic (exact) mass is 345 g/mol. The molecule has 0 radical (unpaired) electrons. The molecule has 0 bridgehead atoms. The zero-order valence-electron chi connectivity index (χ0n) is 14.1. The lowest BCUT2D eigenvalue weighted by Crippen LogP contribution is -2.46. The van der Waals surface area contributed by atoms with Crippen LogP contribution in [0.5, 0.6) is 5.75 Å². The highest BCUT2D eigenvalue weighted by molar-refractivity contribution is 7.09. The van der Waals surface area contributed by atoms with E-state index in [0.717, 1.165) is 17.7 Å². The first-order valence-corrected chi connectivity index (χ1v) is 9.12. The normalized spacial score (nSPS) is 19.1. The van der Waals surface area contributed by atoms with Gasteiger partial charge in [0.2, 0.25) is 5.91 Å². The standard InChI is InChI=1S/C19H23NO3S/c1-14-13-20(9-10-23-14)19(21)18(12-17-4-3-11-24-17)15-5-7-16(22-2)8-6-15/h3-8,11,14,18H,9-10,12-13H2,1-2H3. The highest BCUT2D eigenvalue weighted by atomic mass is 32.1. The number of methoxy groups -OCH3 is 1. The fourth-order valence-electron chi connectivity index (χ4n) is 3.05. The Morgan fingerprint density at radius 1 is 1.38 bits per heavy atom. The molecule has 1 aromatic heterocycles. The molecule has 1 aliphatic rings. The number of morpholine rings is 1. The first kappa shape index (κ1) is 17.0. The van der Waals surface area contributed by atoms with Crippen LogP contribution in [0.4, 0.5) is 0 Å². The predicted octanol–water partition coefficient (Wildman–Crippen LogP) is 3.33. The van der Waals surface area contributed by atoms with Gasteiger partial charge in [-0.15, -0.1) is 11.3 Å². The first-order chi connectivity index (χ1) is 11.7. The van der Waals surface area contributed by atoms with Crippen LogP contribution >= 0.6 is 11.3 Å². The highest BCUT2D eigenvalue weighted by Crippen LogP contribution is 2.28. The van der Waals surface area contributed by atoms with Crippen LogP contribution in [-0.2, 0) is 16.0 Å². The van der Waals surface area contributed by atoms with E-state index in [4.69, 9.17) is 9.47 Å². The molecule has 2 heterocycles. The van der Waals surface area contributed by atoms with E-state index in [1.54, 1.807) is 18.4 Å². The summed E-state index contributed by atoms with van der Waals surface area (Å²) in [5, 5.41) is 2.06. The predicted molar refractivity (Wildman–Crippen MR) is 95.8 cm³/mol. The minimum Gasteiger partial charge on any atom is -0.497 e. The number of benzene rings is 1. The Balaban J connectivity index is 1.84. The summed E-state index contributed by atoms with van der Waals surface area (Å²) in [4.78, 5) is 16.3. The molecule has 2 aromatic rings. The Kier molecular flexibility index (Phi) is 5.53. The minimum absolute atomic E-state index is 0.0981. The Morgan fingerprint density at radius 3 is 2.79 bits per heavy atom. The molecule has 0 aliphatic carbocycles. The molecule has 5 heteroatoms. The van der Waals surface area contributed by atoms with Gasteiger partial charge < -0.3 is 14.4 Å². The fourth-order valence-corrected chi connectivity index (χ4v) is 3.80. The van der Waals surface area contributed by atoms with Crippen molar-refractivity contribution in [1.29, 1.82) is 0 Å². The summed E-state index contributed by atoms with van der Waals surface area (Å²) in [6, 6.07) is 12.0. The summed E-state index contributed by atoms with van der Waals surface area (Å²) >= 11 is 1.70. The first-order valence-electron chi connectivity index (χ1n) is 8.24. The molecular weight excluding hydrogens is 322 g/mol. The van der Waals surface area contributed by atoms with E-state index in [1.165, 1.54) is 4.88 Å². The van der Waals surface area contributed by atoms with Gasteiger partial charge in [-0.05, 0) is 42.5 Å². The van der Waals surface area contributed by atoms with E-state index < -0.39 is 0 Å². The molecule has 1 aromatic carbocycles. The van der Waals surface area contributed by atoms with Crippen molar-refractivity contribution in [2.75, 3.05) is 26.8 Å². The SMILES string of the molecule is COc1ccc(C(Cc2cccs2)C(=O)N2CCOC(C)C2)cc1. The molecule has 3 rings (SSSR count). The number of hydrogen-bond acceptors (Lipinski definition) is 4. The molecule has 2 atom stereocenters. The number of carbonyl (C=O) groups excluding carboxylic acids is 1. The van der Waals surface area contributed by atoms with Gasteiger partial charge in [0.05, 0.1) is 25.7 Å². The van der Waals surface area contributed by atoms with Crippen molar-refractivity contribution in [3.63, 3.8) is 0 Å². The molecular formula is C19H23NO3S. The Morgan fingerprint density at radius 2 is 2.17 bits per heavy atom. The summed E-state index contributed by atoms with van der Waals surface area (Å²) in [5.41, 5.74) is 1.04. The molecule has 0 spiro atoms. The van der Waals surface area contributed by atoms with Gasteiger partial charge in [-0.25, -0.2) is 0 Å². The lowest BCUT2D eigenvalue weighted by molar-refractivity contribution is -0.139. The molecule has 128 valence electrons. The zero-order valence-corrected chi connectivity index (χ0v) is 14.9. The maximum absolute atomic E-state index is 13.2. The summed E-state index contributed by atoms with van der Waals surface area (Å²) in [5.74, 6) is 0.824. The van der Waals surface area contributed by atoms with Gasteiger partial charge >= 0.3 is 0 Å². The molecule has 1 fully saturated rings. The molecule has 1 amide bonds. The zero-order chi connectivity index (χ0) is 16.9. The van der Waals surface area contributed by atoms with Gasteiger partial charge in [-0.3, -0.25) is 4.79 Å². The summed E-state index contributed by atoms with van der Waals surface area (Å²) < 4.78 is 10.8. The number of ether oxygens (including phenoxy) is 2. The molecule has 4 nitrogen and oxygen atoms in total. The van der Waals surface area contributed by atoms with Crippen LogP contribution in [0.2, 0.25) is 0 Å². The third-order valence-electron chi connectivity index (χ3n) is 4.35.